The Morgan fingerprint density at radius 3 is 2.14 bits per heavy atom. The topological polar surface area (TPSA) is 86.8 Å². The van der Waals surface area contributed by atoms with Crippen molar-refractivity contribution in [3.8, 4) is 0 Å². The molecule has 8 heteroatoms. The van der Waals surface area contributed by atoms with Crippen LogP contribution in [0.2, 0.25) is 0 Å². The number of sulfonamides is 1. The van der Waals surface area contributed by atoms with Gasteiger partial charge >= 0.3 is 0 Å². The lowest BCUT2D eigenvalue weighted by atomic mass is 10.1. The van der Waals surface area contributed by atoms with Crippen LogP contribution in [0.4, 0.5) is 5.69 Å². The van der Waals surface area contributed by atoms with E-state index in [-0.39, 0.29) is 17.3 Å². The van der Waals surface area contributed by atoms with Crippen molar-refractivity contribution in [3.63, 3.8) is 0 Å². The number of hydrogen-bond donors (Lipinski definition) is 1. The number of carbonyl (C=O) groups excluding carboxylic acids is 2. The average Bonchev–Trinajstić information content (AvgIpc) is 2.90. The van der Waals surface area contributed by atoms with E-state index in [1.54, 1.807) is 30.3 Å². The minimum absolute atomic E-state index is 0.0899. The third-order valence-electron chi connectivity index (χ3n) is 6.56. The number of amides is 2. The third kappa shape index (κ3) is 6.38. The van der Waals surface area contributed by atoms with Crippen molar-refractivity contribution in [2.75, 3.05) is 17.9 Å². The number of rotatable bonds is 10. The van der Waals surface area contributed by atoms with Crippen LogP contribution in [0.15, 0.2) is 77.7 Å². The van der Waals surface area contributed by atoms with Gasteiger partial charge in [-0.1, -0.05) is 67.1 Å². The summed E-state index contributed by atoms with van der Waals surface area (Å²) in [7, 11) is -2.54. The minimum Gasteiger partial charge on any atom is -0.357 e. The molecule has 0 aromatic heterocycles. The van der Waals surface area contributed by atoms with E-state index in [0.29, 0.717) is 12.1 Å². The van der Waals surface area contributed by atoms with Crippen molar-refractivity contribution < 1.29 is 18.0 Å². The summed E-state index contributed by atoms with van der Waals surface area (Å²) in [5, 5.41) is 2.64. The Hall–Kier alpha value is -3.65. The molecule has 3 rings (SSSR count). The minimum atomic E-state index is -4.07. The van der Waals surface area contributed by atoms with E-state index in [9.17, 15) is 18.0 Å². The number of nitrogens with one attached hydrogen (secondary N) is 1. The largest absolute Gasteiger partial charge is 0.357 e. The van der Waals surface area contributed by atoms with E-state index in [4.69, 9.17) is 0 Å². The summed E-state index contributed by atoms with van der Waals surface area (Å²) in [6, 6.07) is 20.4. The van der Waals surface area contributed by atoms with Crippen LogP contribution in [-0.4, -0.2) is 44.8 Å². The molecule has 0 bridgehead atoms. The molecule has 37 heavy (non-hydrogen) atoms. The Morgan fingerprint density at radius 1 is 0.892 bits per heavy atom. The zero-order chi connectivity index (χ0) is 27.2. The molecular formula is C29H35N3O4S. The quantitative estimate of drug-likeness (QED) is 0.430. The number of hydrogen-bond acceptors (Lipinski definition) is 4. The molecule has 0 unspecified atom stereocenters. The van der Waals surface area contributed by atoms with Gasteiger partial charge < -0.3 is 10.2 Å². The maximum Gasteiger partial charge on any atom is 0.264 e. The van der Waals surface area contributed by atoms with Crippen LogP contribution < -0.4 is 9.62 Å². The van der Waals surface area contributed by atoms with E-state index < -0.39 is 28.5 Å². The van der Waals surface area contributed by atoms with Crippen LogP contribution in [0.25, 0.3) is 0 Å². The Kier molecular flexibility index (Phi) is 9.10. The molecule has 0 fully saturated rings. The van der Waals surface area contributed by atoms with Gasteiger partial charge in [0.15, 0.2) is 0 Å². The van der Waals surface area contributed by atoms with Gasteiger partial charge in [0.05, 0.1) is 10.6 Å². The summed E-state index contributed by atoms with van der Waals surface area (Å²) >= 11 is 0. The fourth-order valence-electron chi connectivity index (χ4n) is 4.22. The van der Waals surface area contributed by atoms with Gasteiger partial charge in [0.1, 0.15) is 12.6 Å². The summed E-state index contributed by atoms with van der Waals surface area (Å²) in [5.41, 5.74) is 4.03. The average molecular weight is 522 g/mol. The molecule has 0 aliphatic rings. The summed E-state index contributed by atoms with van der Waals surface area (Å²) in [5.74, 6) is -0.761. The molecule has 1 N–H and O–H groups in total. The van der Waals surface area contributed by atoms with Crippen molar-refractivity contribution in [2.45, 2.75) is 51.6 Å². The monoisotopic (exact) mass is 521 g/mol. The second kappa shape index (κ2) is 12.1. The lowest BCUT2D eigenvalue weighted by Gasteiger charge is -2.33. The lowest BCUT2D eigenvalue weighted by Crippen LogP contribution is -2.51. The Morgan fingerprint density at radius 2 is 1.54 bits per heavy atom. The van der Waals surface area contributed by atoms with Gasteiger partial charge in [-0.15, -0.1) is 0 Å². The zero-order valence-corrected chi connectivity index (χ0v) is 22.9. The first-order valence-corrected chi connectivity index (χ1v) is 13.7. The summed E-state index contributed by atoms with van der Waals surface area (Å²) in [4.78, 5) is 28.3. The van der Waals surface area contributed by atoms with Gasteiger partial charge in [-0.3, -0.25) is 13.9 Å². The van der Waals surface area contributed by atoms with Crippen molar-refractivity contribution in [2.24, 2.45) is 0 Å². The second-order valence-electron chi connectivity index (χ2n) is 9.09. The van der Waals surface area contributed by atoms with Crippen LogP contribution in [0.5, 0.6) is 0 Å². The maximum absolute atomic E-state index is 13.9. The van der Waals surface area contributed by atoms with Crippen LogP contribution in [0, 0.1) is 20.8 Å². The van der Waals surface area contributed by atoms with E-state index in [1.807, 2.05) is 58.0 Å². The standard InChI is InChI=1S/C29H35N3O4S/c1-6-26(29(34)30-5)31(19-24-17-15-21(2)16-18-24)28(33)20-32(27-14-10-11-22(3)23(27)4)37(35,36)25-12-8-7-9-13-25/h7-18,26H,6,19-20H2,1-5H3,(H,30,34)/t26-/m1/s1. The fraction of sp³-hybridized carbons (Fsp3) is 0.310. The lowest BCUT2D eigenvalue weighted by molar-refractivity contribution is -0.140. The number of benzene rings is 3. The molecule has 7 nitrogen and oxygen atoms in total. The normalized spacial score (nSPS) is 12.0. The van der Waals surface area contributed by atoms with Crippen LogP contribution in [0.3, 0.4) is 0 Å². The smallest absolute Gasteiger partial charge is 0.264 e. The molecular weight excluding hydrogens is 486 g/mol. The Labute approximate surface area is 220 Å². The first-order chi connectivity index (χ1) is 17.6. The molecule has 0 radical (unpaired) electrons. The molecule has 0 spiro atoms. The number of nitrogens with zero attached hydrogens (tertiary/aromatic N) is 2. The van der Waals surface area contributed by atoms with Crippen molar-refractivity contribution in [1.82, 2.24) is 10.2 Å². The van der Waals surface area contributed by atoms with Crippen molar-refractivity contribution >= 4 is 27.5 Å². The molecule has 3 aromatic carbocycles. The van der Waals surface area contributed by atoms with Crippen molar-refractivity contribution in [1.29, 1.82) is 0 Å². The zero-order valence-electron chi connectivity index (χ0n) is 22.1. The number of carbonyl (C=O) groups is 2. The molecule has 0 heterocycles. The Bertz CT molecular complexity index is 1340. The highest BCUT2D eigenvalue weighted by molar-refractivity contribution is 7.92. The van der Waals surface area contributed by atoms with Gasteiger partial charge in [-0.2, -0.15) is 0 Å². The van der Waals surface area contributed by atoms with Crippen LogP contribution >= 0.6 is 0 Å². The van der Waals surface area contributed by atoms with Crippen molar-refractivity contribution in [3.05, 3.63) is 95.1 Å². The molecule has 0 saturated carbocycles. The molecule has 0 aliphatic carbocycles. The van der Waals surface area contributed by atoms with E-state index in [0.717, 1.165) is 26.6 Å². The predicted molar refractivity (Wildman–Crippen MR) is 147 cm³/mol. The van der Waals surface area contributed by atoms with Gasteiger partial charge in [-0.25, -0.2) is 8.42 Å². The molecule has 0 aliphatic heterocycles. The molecule has 196 valence electrons. The van der Waals surface area contributed by atoms with Gasteiger partial charge in [0.25, 0.3) is 10.0 Å². The number of anilines is 1. The SMILES string of the molecule is CC[C@H](C(=O)NC)N(Cc1ccc(C)cc1)C(=O)CN(c1cccc(C)c1C)S(=O)(=O)c1ccccc1. The highest BCUT2D eigenvalue weighted by Gasteiger charge is 2.34. The highest BCUT2D eigenvalue weighted by atomic mass is 32.2. The fourth-order valence-corrected chi connectivity index (χ4v) is 5.71. The Balaban J connectivity index is 2.09. The summed E-state index contributed by atoms with van der Waals surface area (Å²) in [6.07, 6.45) is 0.381. The van der Waals surface area contributed by atoms with Crippen LogP contribution in [0.1, 0.15) is 35.6 Å². The van der Waals surface area contributed by atoms with Gasteiger partial charge in [0, 0.05) is 13.6 Å². The first kappa shape index (κ1) is 27.9. The molecule has 3 aromatic rings. The van der Waals surface area contributed by atoms with Gasteiger partial charge in [0.2, 0.25) is 11.8 Å². The third-order valence-corrected chi connectivity index (χ3v) is 8.33. The molecule has 0 saturated heterocycles. The number of aryl methyl sites for hydroxylation is 2. The second-order valence-corrected chi connectivity index (χ2v) is 11.0. The summed E-state index contributed by atoms with van der Waals surface area (Å²) < 4.78 is 28.9. The maximum atomic E-state index is 13.9. The van der Waals surface area contributed by atoms with E-state index >= 15 is 0 Å². The highest BCUT2D eigenvalue weighted by Crippen LogP contribution is 2.29. The predicted octanol–water partition coefficient (Wildman–Crippen LogP) is 4.36. The van der Waals surface area contributed by atoms with Crippen LogP contribution in [-0.2, 0) is 26.2 Å². The molecule has 1 atom stereocenters. The summed E-state index contributed by atoms with van der Waals surface area (Å²) in [6.45, 7) is 7.28. The van der Waals surface area contributed by atoms with E-state index in [2.05, 4.69) is 5.32 Å². The first-order valence-electron chi connectivity index (χ1n) is 12.3. The van der Waals surface area contributed by atoms with Gasteiger partial charge in [-0.05, 0) is 62.1 Å². The van der Waals surface area contributed by atoms with E-state index in [1.165, 1.54) is 24.1 Å². The number of likely N-dealkylation sites (N-methyl/N-ethyl adjacent to an activating group) is 1. The molecule has 2 amide bonds.